The van der Waals surface area contributed by atoms with Crippen molar-refractivity contribution in [3.8, 4) is 0 Å². The molecular formula is C25H36O8. The Balaban J connectivity index is 1.83. The molecule has 0 amide bonds. The van der Waals surface area contributed by atoms with Gasteiger partial charge in [0.1, 0.15) is 6.10 Å². The number of methoxy groups -OCH3 is 1. The standard InChI is InChI=1S/C25H36O8/c1-13-16-10-18(28)33-25(16,30-6)11-17-19(13)20(29)21(32-15(3)27)22-23(4,12-31-14(2)26)8-7-9-24(17,22)5/h10,13,17,19-22,29H,7-9,11-12H2,1-6H3/t13-,17-,19-,20+,21+,22+,23-,24+,25+/m0/s1. The molecule has 1 aliphatic heterocycles. The van der Waals surface area contributed by atoms with E-state index in [1.54, 1.807) is 7.11 Å². The first-order valence-electron chi connectivity index (χ1n) is 11.9. The van der Waals surface area contributed by atoms with Crippen molar-refractivity contribution in [2.75, 3.05) is 13.7 Å². The lowest BCUT2D eigenvalue weighted by molar-refractivity contribution is -0.274. The van der Waals surface area contributed by atoms with Gasteiger partial charge in [-0.15, -0.1) is 0 Å². The summed E-state index contributed by atoms with van der Waals surface area (Å²) in [6.07, 6.45) is 2.79. The highest BCUT2D eigenvalue weighted by Gasteiger charge is 2.69. The molecule has 3 aliphatic carbocycles. The third-order valence-electron chi connectivity index (χ3n) is 9.07. The maximum absolute atomic E-state index is 12.3. The van der Waals surface area contributed by atoms with Gasteiger partial charge in [-0.25, -0.2) is 4.79 Å². The van der Waals surface area contributed by atoms with E-state index in [0.29, 0.717) is 6.42 Å². The normalized spacial score (nSPS) is 46.3. The van der Waals surface area contributed by atoms with Gasteiger partial charge >= 0.3 is 17.9 Å². The van der Waals surface area contributed by atoms with Crippen LogP contribution in [-0.2, 0) is 33.3 Å². The zero-order chi connectivity index (χ0) is 24.3. The minimum atomic E-state index is -1.14. The number of esters is 3. The summed E-state index contributed by atoms with van der Waals surface area (Å²) in [6, 6.07) is 0. The van der Waals surface area contributed by atoms with Gasteiger partial charge in [-0.2, -0.15) is 0 Å². The molecule has 0 spiro atoms. The number of aliphatic hydroxyl groups excluding tert-OH is 1. The number of carbonyl (C=O) groups is 3. The second kappa shape index (κ2) is 8.08. The lowest BCUT2D eigenvalue weighted by Gasteiger charge is -2.66. The Bertz CT molecular complexity index is 882. The molecule has 9 atom stereocenters. The number of carbonyl (C=O) groups excluding carboxylic acids is 3. The smallest absolute Gasteiger partial charge is 0.333 e. The molecule has 184 valence electrons. The van der Waals surface area contributed by atoms with Crippen molar-refractivity contribution in [3.63, 3.8) is 0 Å². The van der Waals surface area contributed by atoms with Gasteiger partial charge < -0.3 is 24.1 Å². The number of aliphatic hydroxyl groups is 1. The molecule has 4 aliphatic rings. The second-order valence-corrected chi connectivity index (χ2v) is 11.0. The molecule has 0 saturated heterocycles. The van der Waals surface area contributed by atoms with Crippen LogP contribution in [0.15, 0.2) is 11.6 Å². The molecule has 4 rings (SSSR count). The van der Waals surface area contributed by atoms with E-state index >= 15 is 0 Å². The summed E-state index contributed by atoms with van der Waals surface area (Å²) in [5.74, 6) is -3.14. The summed E-state index contributed by atoms with van der Waals surface area (Å²) in [7, 11) is 1.55. The molecule has 33 heavy (non-hydrogen) atoms. The molecule has 0 aromatic rings. The quantitative estimate of drug-likeness (QED) is 0.500. The molecule has 0 aromatic heterocycles. The molecule has 8 nitrogen and oxygen atoms in total. The van der Waals surface area contributed by atoms with E-state index in [9.17, 15) is 19.5 Å². The molecule has 0 bridgehead atoms. The van der Waals surface area contributed by atoms with E-state index in [4.69, 9.17) is 18.9 Å². The molecule has 0 aromatic carbocycles. The van der Waals surface area contributed by atoms with Crippen molar-refractivity contribution >= 4 is 17.9 Å². The Labute approximate surface area is 195 Å². The van der Waals surface area contributed by atoms with Crippen molar-refractivity contribution in [2.45, 2.75) is 78.3 Å². The SMILES string of the molecule is CO[C@@]12C[C@H]3[C@@H]([C@@H](O)[C@@H](OC(C)=O)[C@@H]4[C@](C)(COC(C)=O)CCC[C@@]43C)[C@@H](C)C1=CC(=O)O2. The third-order valence-corrected chi connectivity index (χ3v) is 9.07. The summed E-state index contributed by atoms with van der Waals surface area (Å²) < 4.78 is 22.9. The number of hydrogen-bond donors (Lipinski definition) is 1. The van der Waals surface area contributed by atoms with Gasteiger partial charge in [0.25, 0.3) is 0 Å². The van der Waals surface area contributed by atoms with E-state index in [2.05, 4.69) is 13.8 Å². The third kappa shape index (κ3) is 3.60. The van der Waals surface area contributed by atoms with Gasteiger partial charge in [0, 0.05) is 50.4 Å². The highest BCUT2D eigenvalue weighted by atomic mass is 16.7. The molecule has 0 radical (unpaired) electrons. The van der Waals surface area contributed by atoms with Crippen LogP contribution in [0.5, 0.6) is 0 Å². The first-order chi connectivity index (χ1) is 15.4. The number of fused-ring (bicyclic) bond motifs is 4. The maximum Gasteiger partial charge on any atom is 0.333 e. The fraction of sp³-hybridized carbons (Fsp3) is 0.800. The van der Waals surface area contributed by atoms with E-state index in [1.807, 2.05) is 6.92 Å². The van der Waals surface area contributed by atoms with E-state index in [0.717, 1.165) is 24.8 Å². The number of hydrogen-bond acceptors (Lipinski definition) is 8. The fourth-order valence-corrected chi connectivity index (χ4v) is 7.90. The van der Waals surface area contributed by atoms with Gasteiger partial charge in [0.2, 0.25) is 5.79 Å². The van der Waals surface area contributed by atoms with Crippen LogP contribution in [0.1, 0.15) is 60.3 Å². The average molecular weight is 465 g/mol. The zero-order valence-corrected chi connectivity index (χ0v) is 20.4. The van der Waals surface area contributed by atoms with Crippen molar-refractivity contribution in [2.24, 2.45) is 34.5 Å². The zero-order valence-electron chi connectivity index (χ0n) is 20.4. The molecule has 0 unspecified atom stereocenters. The van der Waals surface area contributed by atoms with Crippen LogP contribution in [0.4, 0.5) is 0 Å². The summed E-state index contributed by atoms with van der Waals surface area (Å²) in [5, 5.41) is 11.7. The van der Waals surface area contributed by atoms with E-state index in [-0.39, 0.29) is 41.7 Å². The average Bonchev–Trinajstić information content (AvgIpc) is 3.07. The summed E-state index contributed by atoms with van der Waals surface area (Å²) in [5.41, 5.74) is -0.119. The Kier molecular flexibility index (Phi) is 5.93. The summed E-state index contributed by atoms with van der Waals surface area (Å²) in [4.78, 5) is 36.1. The number of rotatable bonds is 4. The fourth-order valence-electron chi connectivity index (χ4n) is 7.90. The van der Waals surface area contributed by atoms with Crippen LogP contribution >= 0.6 is 0 Å². The van der Waals surface area contributed by atoms with Crippen LogP contribution in [0.3, 0.4) is 0 Å². The van der Waals surface area contributed by atoms with E-state index < -0.39 is 35.3 Å². The van der Waals surface area contributed by atoms with Crippen molar-refractivity contribution in [1.82, 2.24) is 0 Å². The Morgan fingerprint density at radius 1 is 1.21 bits per heavy atom. The summed E-state index contributed by atoms with van der Waals surface area (Å²) in [6.45, 7) is 9.15. The van der Waals surface area contributed by atoms with Gasteiger partial charge in [-0.3, -0.25) is 9.59 Å². The lowest BCUT2D eigenvalue weighted by Crippen LogP contribution is -2.68. The first-order valence-corrected chi connectivity index (χ1v) is 11.9. The van der Waals surface area contributed by atoms with Gasteiger partial charge in [-0.1, -0.05) is 27.2 Å². The molecule has 3 saturated carbocycles. The van der Waals surface area contributed by atoms with Crippen molar-refractivity contribution in [1.29, 1.82) is 0 Å². The molecule has 8 heteroatoms. The number of ether oxygens (including phenoxy) is 4. The highest BCUT2D eigenvalue weighted by molar-refractivity contribution is 5.86. The van der Waals surface area contributed by atoms with Crippen LogP contribution in [0, 0.1) is 34.5 Å². The molecule has 1 heterocycles. The maximum atomic E-state index is 12.3. The Morgan fingerprint density at radius 2 is 1.91 bits per heavy atom. The Hall–Kier alpha value is -1.93. The van der Waals surface area contributed by atoms with Crippen molar-refractivity contribution < 1.29 is 38.4 Å². The topological polar surface area (TPSA) is 108 Å². The largest absolute Gasteiger partial charge is 0.465 e. The Morgan fingerprint density at radius 3 is 2.52 bits per heavy atom. The van der Waals surface area contributed by atoms with Crippen LogP contribution in [0.25, 0.3) is 0 Å². The second-order valence-electron chi connectivity index (χ2n) is 11.0. The predicted octanol–water partition coefficient (Wildman–Crippen LogP) is 2.77. The molecular weight excluding hydrogens is 428 g/mol. The van der Waals surface area contributed by atoms with Crippen LogP contribution in [-0.4, -0.2) is 54.7 Å². The van der Waals surface area contributed by atoms with Gasteiger partial charge in [0.05, 0.1) is 12.7 Å². The monoisotopic (exact) mass is 464 g/mol. The van der Waals surface area contributed by atoms with Crippen LogP contribution < -0.4 is 0 Å². The minimum absolute atomic E-state index is 0.0562. The first kappa shape index (κ1) is 24.2. The van der Waals surface area contributed by atoms with Gasteiger partial charge in [-0.05, 0) is 36.0 Å². The van der Waals surface area contributed by atoms with Gasteiger partial charge in [0.15, 0.2) is 0 Å². The van der Waals surface area contributed by atoms with E-state index in [1.165, 1.54) is 19.9 Å². The van der Waals surface area contributed by atoms with Crippen molar-refractivity contribution in [3.05, 3.63) is 11.6 Å². The molecule has 1 N–H and O–H groups in total. The minimum Gasteiger partial charge on any atom is -0.465 e. The lowest BCUT2D eigenvalue weighted by atomic mass is 9.41. The highest BCUT2D eigenvalue weighted by Crippen LogP contribution is 2.67. The summed E-state index contributed by atoms with van der Waals surface area (Å²) >= 11 is 0. The molecule has 3 fully saturated rings. The predicted molar refractivity (Wildman–Crippen MR) is 116 cm³/mol. The van der Waals surface area contributed by atoms with Crippen LogP contribution in [0.2, 0.25) is 0 Å².